The van der Waals surface area contributed by atoms with Crippen molar-refractivity contribution in [2.24, 2.45) is 0 Å². The fourth-order valence-electron chi connectivity index (χ4n) is 2.05. The van der Waals surface area contributed by atoms with Crippen LogP contribution in [0, 0.1) is 6.92 Å². The lowest BCUT2D eigenvalue weighted by Gasteiger charge is -2.19. The number of aliphatic hydroxyl groups excluding tert-OH is 2. The number of methoxy groups -OCH3 is 1. The molecule has 0 radical (unpaired) electrons. The standard InChI is InChI=1S/C13H18O7S/c1-8-3-5-9(6-4-8)21(16,17)20-12-11(15)10(7-14)19-13(12)18-2/h3-6,10-15H,7H2,1-2H3/t10-,11+,12-,13+/m1/s1. The minimum Gasteiger partial charge on any atom is -0.394 e. The summed E-state index contributed by atoms with van der Waals surface area (Å²) < 4.78 is 39.5. The molecule has 0 amide bonds. The minimum atomic E-state index is -4.07. The predicted molar refractivity (Wildman–Crippen MR) is 72.0 cm³/mol. The van der Waals surface area contributed by atoms with Crippen molar-refractivity contribution in [1.29, 1.82) is 0 Å². The summed E-state index contributed by atoms with van der Waals surface area (Å²) in [4.78, 5) is -0.0254. The summed E-state index contributed by atoms with van der Waals surface area (Å²) in [5.74, 6) is 0. The maximum Gasteiger partial charge on any atom is 0.297 e. The van der Waals surface area contributed by atoms with Gasteiger partial charge in [0, 0.05) is 7.11 Å². The van der Waals surface area contributed by atoms with Crippen LogP contribution in [0.25, 0.3) is 0 Å². The highest BCUT2D eigenvalue weighted by Crippen LogP contribution is 2.27. The Balaban J connectivity index is 2.21. The second kappa shape index (κ2) is 6.39. The molecule has 1 saturated heterocycles. The van der Waals surface area contributed by atoms with Gasteiger partial charge in [-0.25, -0.2) is 0 Å². The summed E-state index contributed by atoms with van der Waals surface area (Å²) in [6, 6.07) is 6.11. The molecular weight excluding hydrogens is 300 g/mol. The molecule has 1 fully saturated rings. The first-order valence-electron chi connectivity index (χ1n) is 6.36. The molecule has 1 heterocycles. The molecule has 0 bridgehead atoms. The average Bonchev–Trinajstić information content (AvgIpc) is 2.75. The van der Waals surface area contributed by atoms with Crippen molar-refractivity contribution in [1.82, 2.24) is 0 Å². The lowest BCUT2D eigenvalue weighted by molar-refractivity contribution is -0.148. The van der Waals surface area contributed by atoms with E-state index in [0.29, 0.717) is 0 Å². The van der Waals surface area contributed by atoms with Gasteiger partial charge in [-0.3, -0.25) is 4.18 Å². The molecule has 0 unspecified atom stereocenters. The van der Waals surface area contributed by atoms with Gasteiger partial charge in [-0.15, -0.1) is 0 Å². The highest BCUT2D eigenvalue weighted by Gasteiger charge is 2.47. The number of ether oxygens (including phenoxy) is 2. The van der Waals surface area contributed by atoms with Crippen LogP contribution in [0.4, 0.5) is 0 Å². The highest BCUT2D eigenvalue weighted by molar-refractivity contribution is 7.86. The fraction of sp³-hybridized carbons (Fsp3) is 0.538. The van der Waals surface area contributed by atoms with E-state index in [4.69, 9.17) is 18.8 Å². The molecule has 0 aliphatic carbocycles. The average molecular weight is 318 g/mol. The quantitative estimate of drug-likeness (QED) is 0.724. The summed E-state index contributed by atoms with van der Waals surface area (Å²) in [6.45, 7) is 1.37. The Morgan fingerprint density at radius 2 is 1.90 bits per heavy atom. The number of hydrogen-bond donors (Lipinski definition) is 2. The molecule has 118 valence electrons. The van der Waals surface area contributed by atoms with Crippen LogP contribution in [0.2, 0.25) is 0 Å². The van der Waals surface area contributed by atoms with Crippen molar-refractivity contribution in [3.05, 3.63) is 29.8 Å². The Labute approximate surface area is 123 Å². The summed E-state index contributed by atoms with van der Waals surface area (Å²) in [5, 5.41) is 19.0. The van der Waals surface area contributed by atoms with Gasteiger partial charge in [-0.2, -0.15) is 8.42 Å². The van der Waals surface area contributed by atoms with Crippen molar-refractivity contribution in [2.45, 2.75) is 36.4 Å². The largest absolute Gasteiger partial charge is 0.394 e. The van der Waals surface area contributed by atoms with Crippen molar-refractivity contribution in [3.63, 3.8) is 0 Å². The molecule has 1 aromatic rings. The zero-order valence-electron chi connectivity index (χ0n) is 11.7. The van der Waals surface area contributed by atoms with E-state index in [1.165, 1.54) is 19.2 Å². The second-order valence-corrected chi connectivity index (χ2v) is 6.35. The maximum atomic E-state index is 12.2. The van der Waals surface area contributed by atoms with Gasteiger partial charge in [0.1, 0.15) is 12.2 Å². The van der Waals surface area contributed by atoms with Crippen LogP contribution in [-0.2, 0) is 23.8 Å². The molecule has 2 N–H and O–H groups in total. The Kier molecular flexibility index (Phi) is 4.97. The molecule has 1 aliphatic heterocycles. The highest BCUT2D eigenvalue weighted by atomic mass is 32.2. The number of aliphatic hydroxyl groups is 2. The number of benzene rings is 1. The van der Waals surface area contributed by atoms with Crippen molar-refractivity contribution < 1.29 is 32.3 Å². The van der Waals surface area contributed by atoms with Crippen molar-refractivity contribution in [3.8, 4) is 0 Å². The Morgan fingerprint density at radius 3 is 2.43 bits per heavy atom. The summed E-state index contributed by atoms with van der Waals surface area (Å²) >= 11 is 0. The first-order chi connectivity index (χ1) is 9.89. The molecule has 1 aliphatic rings. The number of rotatable bonds is 5. The molecule has 7 nitrogen and oxygen atoms in total. The van der Waals surface area contributed by atoms with Gasteiger partial charge in [-0.1, -0.05) is 17.7 Å². The van der Waals surface area contributed by atoms with Crippen LogP contribution in [0.5, 0.6) is 0 Å². The van der Waals surface area contributed by atoms with E-state index < -0.39 is 41.3 Å². The smallest absolute Gasteiger partial charge is 0.297 e. The van der Waals surface area contributed by atoms with E-state index in [1.54, 1.807) is 12.1 Å². The predicted octanol–water partition coefficient (Wildman–Crippen LogP) is -0.207. The first-order valence-corrected chi connectivity index (χ1v) is 7.77. The molecule has 8 heteroatoms. The molecule has 21 heavy (non-hydrogen) atoms. The third kappa shape index (κ3) is 3.42. The lowest BCUT2D eigenvalue weighted by Crippen LogP contribution is -2.38. The van der Waals surface area contributed by atoms with Crippen LogP contribution < -0.4 is 0 Å². The minimum absolute atomic E-state index is 0.0254. The van der Waals surface area contributed by atoms with Gasteiger partial charge in [0.15, 0.2) is 12.4 Å². The van der Waals surface area contributed by atoms with E-state index in [1.807, 2.05) is 6.92 Å². The Morgan fingerprint density at radius 1 is 1.29 bits per heavy atom. The molecule has 0 spiro atoms. The van der Waals surface area contributed by atoms with E-state index in [9.17, 15) is 13.5 Å². The fourth-order valence-corrected chi connectivity index (χ4v) is 3.13. The van der Waals surface area contributed by atoms with Crippen LogP contribution >= 0.6 is 0 Å². The Hall–Kier alpha value is -1.03. The molecule has 0 aromatic heterocycles. The zero-order chi connectivity index (χ0) is 15.6. The third-order valence-electron chi connectivity index (χ3n) is 3.25. The normalized spacial score (nSPS) is 29.7. The summed E-state index contributed by atoms with van der Waals surface area (Å²) in [6.07, 6.45) is -4.57. The van der Waals surface area contributed by atoms with E-state index >= 15 is 0 Å². The molecule has 0 saturated carbocycles. The number of hydrogen-bond acceptors (Lipinski definition) is 7. The topological polar surface area (TPSA) is 102 Å². The van der Waals surface area contributed by atoms with Gasteiger partial charge in [0.05, 0.1) is 11.5 Å². The molecule has 1 aromatic carbocycles. The van der Waals surface area contributed by atoms with Crippen LogP contribution in [-0.4, -0.2) is 56.9 Å². The van der Waals surface area contributed by atoms with Crippen LogP contribution in [0.15, 0.2) is 29.2 Å². The van der Waals surface area contributed by atoms with Crippen LogP contribution in [0.3, 0.4) is 0 Å². The lowest BCUT2D eigenvalue weighted by atomic mass is 10.1. The van der Waals surface area contributed by atoms with Gasteiger partial charge in [0.2, 0.25) is 0 Å². The van der Waals surface area contributed by atoms with Gasteiger partial charge in [-0.05, 0) is 19.1 Å². The monoisotopic (exact) mass is 318 g/mol. The summed E-state index contributed by atoms with van der Waals surface area (Å²) in [5.41, 5.74) is 0.910. The van der Waals surface area contributed by atoms with Gasteiger partial charge in [0.25, 0.3) is 10.1 Å². The molecule has 2 rings (SSSR count). The van der Waals surface area contributed by atoms with E-state index in [0.717, 1.165) is 5.56 Å². The van der Waals surface area contributed by atoms with Gasteiger partial charge < -0.3 is 19.7 Å². The number of aryl methyl sites for hydroxylation is 1. The summed E-state index contributed by atoms with van der Waals surface area (Å²) in [7, 11) is -2.77. The maximum absolute atomic E-state index is 12.2. The van der Waals surface area contributed by atoms with Crippen molar-refractivity contribution >= 4 is 10.1 Å². The van der Waals surface area contributed by atoms with E-state index in [2.05, 4.69) is 0 Å². The van der Waals surface area contributed by atoms with Crippen molar-refractivity contribution in [2.75, 3.05) is 13.7 Å². The molecule has 4 atom stereocenters. The molecular formula is C13H18O7S. The zero-order valence-corrected chi connectivity index (χ0v) is 12.5. The Bertz CT molecular complexity index is 567. The first kappa shape index (κ1) is 16.3. The van der Waals surface area contributed by atoms with E-state index in [-0.39, 0.29) is 4.90 Å². The SMILES string of the molecule is CO[C@H]1O[C@H](CO)[C@H](O)[C@H]1OS(=O)(=O)c1ccc(C)cc1. The third-order valence-corrected chi connectivity index (χ3v) is 4.58. The van der Waals surface area contributed by atoms with Gasteiger partial charge >= 0.3 is 0 Å². The van der Waals surface area contributed by atoms with Crippen LogP contribution in [0.1, 0.15) is 5.56 Å². The second-order valence-electron chi connectivity index (χ2n) is 4.78.